The van der Waals surface area contributed by atoms with Crippen LogP contribution < -0.4 is 0 Å². The van der Waals surface area contributed by atoms with Gasteiger partial charge in [0.15, 0.2) is 0 Å². The number of likely N-dealkylation sites (tertiary alicyclic amines) is 1. The van der Waals surface area contributed by atoms with E-state index >= 15 is 0 Å². The van der Waals surface area contributed by atoms with Crippen molar-refractivity contribution in [2.24, 2.45) is 0 Å². The summed E-state index contributed by atoms with van der Waals surface area (Å²) in [4.78, 5) is 19.2. The number of carbonyl (C=O) groups excluding carboxylic acids is 1. The highest BCUT2D eigenvalue weighted by atomic mass is 16.4. The highest BCUT2D eigenvalue weighted by molar-refractivity contribution is 5.77. The number of hydrogen-bond donors (Lipinski definition) is 0. The fourth-order valence-corrected chi connectivity index (χ4v) is 3.86. The van der Waals surface area contributed by atoms with E-state index in [4.69, 9.17) is 4.42 Å². The van der Waals surface area contributed by atoms with Crippen LogP contribution in [0.5, 0.6) is 0 Å². The molecule has 0 N–H and O–H groups in total. The minimum Gasteiger partial charge on any atom is -0.421 e. The molecule has 4 rings (SSSR count). The van der Waals surface area contributed by atoms with E-state index in [1.54, 1.807) is 12.4 Å². The van der Waals surface area contributed by atoms with Crippen LogP contribution in [0.25, 0.3) is 11.5 Å². The van der Waals surface area contributed by atoms with E-state index in [1.165, 1.54) is 5.56 Å². The van der Waals surface area contributed by atoms with Crippen LogP contribution in [0, 0.1) is 6.92 Å². The fourth-order valence-electron chi connectivity index (χ4n) is 3.86. The van der Waals surface area contributed by atoms with Crippen LogP contribution >= 0.6 is 0 Å². The first kappa shape index (κ1) is 19.3. The fraction of sp³-hybridized carbons (Fsp3) is 0.391. The van der Waals surface area contributed by atoms with Gasteiger partial charge in [0.05, 0.1) is 6.04 Å². The molecule has 0 radical (unpaired) electrons. The third-order valence-corrected chi connectivity index (χ3v) is 5.48. The molecule has 6 nitrogen and oxygen atoms in total. The maximum atomic E-state index is 13.0. The van der Waals surface area contributed by atoms with Crippen LogP contribution in [0.3, 0.4) is 0 Å². The normalized spacial score (nSPS) is 17.1. The van der Waals surface area contributed by atoms with Gasteiger partial charge >= 0.3 is 0 Å². The molecule has 6 heteroatoms. The zero-order chi connectivity index (χ0) is 20.1. The molecule has 1 atom stereocenters. The van der Waals surface area contributed by atoms with E-state index < -0.39 is 0 Å². The first-order chi connectivity index (χ1) is 14.2. The Kier molecular flexibility index (Phi) is 5.98. The van der Waals surface area contributed by atoms with Crippen LogP contribution in [0.4, 0.5) is 0 Å². The molecule has 1 aliphatic rings. The van der Waals surface area contributed by atoms with Gasteiger partial charge in [-0.05, 0) is 49.6 Å². The quantitative estimate of drug-likeness (QED) is 0.641. The van der Waals surface area contributed by atoms with Crippen molar-refractivity contribution in [2.75, 3.05) is 6.54 Å². The zero-order valence-electron chi connectivity index (χ0n) is 16.8. The number of carbonyl (C=O) groups is 1. The number of rotatable bonds is 5. The molecule has 1 amide bonds. The van der Waals surface area contributed by atoms with Crippen molar-refractivity contribution in [1.82, 2.24) is 20.1 Å². The highest BCUT2D eigenvalue weighted by Gasteiger charge is 2.26. The monoisotopic (exact) mass is 390 g/mol. The average Bonchev–Trinajstić information content (AvgIpc) is 3.09. The predicted octanol–water partition coefficient (Wildman–Crippen LogP) is 4.52. The van der Waals surface area contributed by atoms with Crippen molar-refractivity contribution in [2.45, 2.75) is 51.5 Å². The summed E-state index contributed by atoms with van der Waals surface area (Å²) in [6, 6.07) is 12.1. The second-order valence-electron chi connectivity index (χ2n) is 7.60. The van der Waals surface area contributed by atoms with Gasteiger partial charge in [-0.3, -0.25) is 9.78 Å². The molecule has 150 valence electrons. The highest BCUT2D eigenvalue weighted by Crippen LogP contribution is 2.30. The van der Waals surface area contributed by atoms with Crippen molar-refractivity contribution < 1.29 is 9.21 Å². The third kappa shape index (κ3) is 4.70. The van der Waals surface area contributed by atoms with Crippen LogP contribution in [-0.4, -0.2) is 32.5 Å². The molecule has 0 aliphatic carbocycles. The number of pyridine rings is 1. The van der Waals surface area contributed by atoms with E-state index in [0.29, 0.717) is 24.6 Å². The Morgan fingerprint density at radius 3 is 2.66 bits per heavy atom. The van der Waals surface area contributed by atoms with Gasteiger partial charge in [0, 0.05) is 37.3 Å². The molecule has 29 heavy (non-hydrogen) atoms. The molecule has 3 aromatic rings. The molecule has 1 saturated heterocycles. The topological polar surface area (TPSA) is 72.1 Å². The molecular formula is C23H26N4O2. The van der Waals surface area contributed by atoms with E-state index in [2.05, 4.69) is 15.2 Å². The Balaban J connectivity index is 1.42. The Bertz CT molecular complexity index is 937. The summed E-state index contributed by atoms with van der Waals surface area (Å²) < 4.78 is 5.78. The van der Waals surface area contributed by atoms with Gasteiger partial charge in [-0.2, -0.15) is 0 Å². The van der Waals surface area contributed by atoms with E-state index in [9.17, 15) is 4.79 Å². The molecule has 0 spiro atoms. The Morgan fingerprint density at radius 1 is 1.07 bits per heavy atom. The summed E-state index contributed by atoms with van der Waals surface area (Å²) in [5.74, 6) is 1.14. The van der Waals surface area contributed by atoms with Gasteiger partial charge in [-0.25, -0.2) is 0 Å². The molecule has 1 fully saturated rings. The van der Waals surface area contributed by atoms with Crippen LogP contribution in [0.2, 0.25) is 0 Å². The van der Waals surface area contributed by atoms with Crippen LogP contribution in [0.1, 0.15) is 55.2 Å². The summed E-state index contributed by atoms with van der Waals surface area (Å²) in [5.41, 5.74) is 3.24. The molecular weight excluding hydrogens is 364 g/mol. The Hall–Kier alpha value is -3.02. The van der Waals surface area contributed by atoms with E-state index in [-0.39, 0.29) is 11.9 Å². The summed E-state index contributed by atoms with van der Waals surface area (Å²) >= 11 is 0. The van der Waals surface area contributed by atoms with Gasteiger partial charge < -0.3 is 9.32 Å². The van der Waals surface area contributed by atoms with E-state index in [0.717, 1.165) is 43.4 Å². The lowest BCUT2D eigenvalue weighted by molar-refractivity contribution is -0.133. The van der Waals surface area contributed by atoms with Gasteiger partial charge in [-0.15, -0.1) is 10.2 Å². The summed E-state index contributed by atoms with van der Waals surface area (Å²) in [6.07, 6.45) is 8.77. The molecule has 1 unspecified atom stereocenters. The van der Waals surface area contributed by atoms with Gasteiger partial charge in [0.2, 0.25) is 17.7 Å². The standard InChI is InChI=1S/C23H26N4O2/c1-17-6-8-19(9-7-17)23-26-25-21(29-23)10-11-22(28)27-16-4-2-3-5-20(27)18-12-14-24-15-13-18/h6-9,12-15,20H,2-5,10-11,16H2,1H3. The Labute approximate surface area is 171 Å². The number of benzene rings is 1. The van der Waals surface area contributed by atoms with Crippen molar-refractivity contribution in [3.63, 3.8) is 0 Å². The SMILES string of the molecule is Cc1ccc(-c2nnc(CCC(=O)N3CCCCCC3c3ccncc3)o2)cc1. The third-order valence-electron chi connectivity index (χ3n) is 5.48. The average molecular weight is 390 g/mol. The molecule has 1 aromatic carbocycles. The second kappa shape index (κ2) is 8.99. The molecule has 2 aromatic heterocycles. The van der Waals surface area contributed by atoms with Crippen molar-refractivity contribution in [1.29, 1.82) is 0 Å². The van der Waals surface area contributed by atoms with Crippen molar-refractivity contribution >= 4 is 5.91 Å². The van der Waals surface area contributed by atoms with Gasteiger partial charge in [0.1, 0.15) is 0 Å². The molecule has 1 aliphatic heterocycles. The van der Waals surface area contributed by atoms with Gasteiger partial charge in [0.25, 0.3) is 0 Å². The summed E-state index contributed by atoms with van der Waals surface area (Å²) in [7, 11) is 0. The first-order valence-electron chi connectivity index (χ1n) is 10.3. The van der Waals surface area contributed by atoms with E-state index in [1.807, 2.05) is 48.2 Å². The molecule has 3 heterocycles. The lowest BCUT2D eigenvalue weighted by atomic mass is 10.0. The van der Waals surface area contributed by atoms with Crippen LogP contribution in [0.15, 0.2) is 53.2 Å². The van der Waals surface area contributed by atoms with Gasteiger partial charge in [-0.1, -0.05) is 30.5 Å². The molecule has 0 bridgehead atoms. The van der Waals surface area contributed by atoms with Crippen molar-refractivity contribution in [3.05, 3.63) is 65.8 Å². The lowest BCUT2D eigenvalue weighted by Gasteiger charge is -2.30. The number of nitrogens with zero attached hydrogens (tertiary/aromatic N) is 4. The second-order valence-corrected chi connectivity index (χ2v) is 7.60. The lowest BCUT2D eigenvalue weighted by Crippen LogP contribution is -2.35. The van der Waals surface area contributed by atoms with Crippen LogP contribution in [-0.2, 0) is 11.2 Å². The largest absolute Gasteiger partial charge is 0.421 e. The maximum Gasteiger partial charge on any atom is 0.247 e. The number of amides is 1. The summed E-state index contributed by atoms with van der Waals surface area (Å²) in [6.45, 7) is 2.83. The Morgan fingerprint density at radius 2 is 1.86 bits per heavy atom. The molecule has 0 saturated carbocycles. The first-order valence-corrected chi connectivity index (χ1v) is 10.3. The smallest absolute Gasteiger partial charge is 0.247 e. The maximum absolute atomic E-state index is 13.0. The zero-order valence-corrected chi connectivity index (χ0v) is 16.8. The summed E-state index contributed by atoms with van der Waals surface area (Å²) in [5, 5.41) is 8.27. The minimum atomic E-state index is 0.124. The van der Waals surface area contributed by atoms with Crippen molar-refractivity contribution in [3.8, 4) is 11.5 Å². The number of aromatic nitrogens is 3. The predicted molar refractivity (Wildman–Crippen MR) is 110 cm³/mol. The minimum absolute atomic E-state index is 0.124. The number of aryl methyl sites for hydroxylation is 2. The number of hydrogen-bond acceptors (Lipinski definition) is 5.